The number of thioether (sulfide) groups is 1. The summed E-state index contributed by atoms with van der Waals surface area (Å²) in [5.74, 6) is 0.940. The predicted molar refractivity (Wildman–Crippen MR) is 65.0 cm³/mol. The molecule has 1 aromatic rings. The van der Waals surface area contributed by atoms with Crippen molar-refractivity contribution in [2.24, 2.45) is 0 Å². The molecule has 2 bridgehead atoms. The lowest BCUT2D eigenvalue weighted by atomic mass is 10.1. The molecular weight excluding hydrogens is 206 g/mol. The number of hydrogen-bond acceptors (Lipinski definition) is 3. The van der Waals surface area contributed by atoms with Gasteiger partial charge in [0.15, 0.2) is 0 Å². The summed E-state index contributed by atoms with van der Waals surface area (Å²) in [5.41, 5.74) is 1.34. The highest BCUT2D eigenvalue weighted by Gasteiger charge is 2.37. The van der Waals surface area contributed by atoms with Crippen LogP contribution in [0.25, 0.3) is 0 Å². The summed E-state index contributed by atoms with van der Waals surface area (Å²) in [4.78, 5) is 2.49. The largest absolute Gasteiger partial charge is 0.497 e. The number of fused-ring (bicyclic) bond motifs is 2. The van der Waals surface area contributed by atoms with Gasteiger partial charge in [0.2, 0.25) is 0 Å². The molecule has 0 saturated carbocycles. The van der Waals surface area contributed by atoms with Crippen LogP contribution in [0.15, 0.2) is 24.3 Å². The van der Waals surface area contributed by atoms with E-state index in [-0.39, 0.29) is 0 Å². The number of methoxy groups -OCH3 is 1. The molecule has 0 spiro atoms. The maximum atomic E-state index is 5.16. The summed E-state index contributed by atoms with van der Waals surface area (Å²) in [6.45, 7) is 2.43. The Morgan fingerprint density at radius 2 is 1.80 bits per heavy atom. The Balaban J connectivity index is 1.75. The van der Waals surface area contributed by atoms with E-state index in [9.17, 15) is 0 Å². The molecule has 2 nitrogen and oxygen atoms in total. The molecule has 2 atom stereocenters. The second-order valence-electron chi connectivity index (χ2n) is 4.22. The van der Waals surface area contributed by atoms with Crippen molar-refractivity contribution in [2.45, 2.75) is 16.9 Å². The Bertz CT molecular complexity index is 335. The van der Waals surface area contributed by atoms with Gasteiger partial charge in [-0.2, -0.15) is 11.8 Å². The molecule has 0 radical (unpaired) electrons. The highest BCUT2D eigenvalue weighted by atomic mass is 32.2. The average Bonchev–Trinajstić information content (AvgIpc) is 2.28. The van der Waals surface area contributed by atoms with Gasteiger partial charge in [0.25, 0.3) is 0 Å². The van der Waals surface area contributed by atoms with Gasteiger partial charge in [0.1, 0.15) is 5.75 Å². The standard InChI is InChI=1S/C12H15NOS/c1-14-10-4-2-9(3-5-10)13-7-11-6-12(8-13)15-11/h2-5,11-12H,6-8H2,1H3. The molecule has 0 aliphatic carbocycles. The molecule has 3 aliphatic rings. The van der Waals surface area contributed by atoms with E-state index >= 15 is 0 Å². The fourth-order valence-corrected chi connectivity index (χ4v) is 3.76. The fraction of sp³-hybridized carbons (Fsp3) is 0.500. The fourth-order valence-electron chi connectivity index (χ4n) is 2.36. The third kappa shape index (κ3) is 1.69. The van der Waals surface area contributed by atoms with Gasteiger partial charge in [-0.25, -0.2) is 0 Å². The van der Waals surface area contributed by atoms with Gasteiger partial charge in [-0.3, -0.25) is 0 Å². The van der Waals surface area contributed by atoms with Gasteiger partial charge < -0.3 is 9.64 Å². The van der Waals surface area contributed by atoms with Crippen LogP contribution in [0.5, 0.6) is 5.75 Å². The number of piperidine rings is 1. The summed E-state index contributed by atoms with van der Waals surface area (Å²) in [6, 6.07) is 8.41. The molecule has 2 unspecified atom stereocenters. The van der Waals surface area contributed by atoms with E-state index in [2.05, 4.69) is 28.8 Å². The van der Waals surface area contributed by atoms with Crippen LogP contribution in [0.3, 0.4) is 0 Å². The topological polar surface area (TPSA) is 12.5 Å². The molecule has 0 N–H and O–H groups in total. The first-order valence-corrected chi connectivity index (χ1v) is 6.34. The van der Waals surface area contributed by atoms with Crippen LogP contribution in [-0.4, -0.2) is 30.7 Å². The van der Waals surface area contributed by atoms with Crippen molar-refractivity contribution in [3.05, 3.63) is 24.3 Å². The van der Waals surface area contributed by atoms with Gasteiger partial charge in [0, 0.05) is 29.3 Å². The maximum absolute atomic E-state index is 5.16. The molecule has 3 heteroatoms. The van der Waals surface area contributed by atoms with Gasteiger partial charge in [0.05, 0.1) is 7.11 Å². The molecule has 3 heterocycles. The Morgan fingerprint density at radius 1 is 1.20 bits per heavy atom. The number of nitrogens with zero attached hydrogens (tertiary/aromatic N) is 1. The van der Waals surface area contributed by atoms with Gasteiger partial charge in [-0.1, -0.05) is 0 Å². The van der Waals surface area contributed by atoms with E-state index in [4.69, 9.17) is 4.74 Å². The minimum Gasteiger partial charge on any atom is -0.497 e. The third-order valence-electron chi connectivity index (χ3n) is 3.20. The number of benzene rings is 1. The highest BCUT2D eigenvalue weighted by Crippen LogP contribution is 2.42. The predicted octanol–water partition coefficient (Wildman–Crippen LogP) is 2.39. The van der Waals surface area contributed by atoms with Crippen LogP contribution in [0, 0.1) is 0 Å². The zero-order chi connectivity index (χ0) is 10.3. The van der Waals surface area contributed by atoms with Crippen LogP contribution >= 0.6 is 11.8 Å². The SMILES string of the molecule is COc1ccc(N2CC3CC(C2)S3)cc1. The van der Waals surface area contributed by atoms with E-state index in [1.165, 1.54) is 25.2 Å². The first-order chi connectivity index (χ1) is 7.35. The Labute approximate surface area is 94.6 Å². The van der Waals surface area contributed by atoms with Crippen molar-refractivity contribution in [3.63, 3.8) is 0 Å². The van der Waals surface area contributed by atoms with E-state index in [0.29, 0.717) is 0 Å². The maximum Gasteiger partial charge on any atom is 0.119 e. The van der Waals surface area contributed by atoms with Crippen molar-refractivity contribution in [1.29, 1.82) is 0 Å². The number of rotatable bonds is 2. The van der Waals surface area contributed by atoms with Crippen molar-refractivity contribution < 1.29 is 4.74 Å². The minimum absolute atomic E-state index is 0.880. The normalized spacial score (nSPS) is 28.5. The molecule has 80 valence electrons. The van der Waals surface area contributed by atoms with Gasteiger partial charge in [-0.05, 0) is 30.7 Å². The summed E-state index contributed by atoms with van der Waals surface area (Å²) in [5, 5.41) is 1.76. The second kappa shape index (κ2) is 3.63. The van der Waals surface area contributed by atoms with Crippen molar-refractivity contribution in [2.75, 3.05) is 25.1 Å². The van der Waals surface area contributed by atoms with Crippen molar-refractivity contribution >= 4 is 17.4 Å². The summed E-state index contributed by atoms with van der Waals surface area (Å²) < 4.78 is 5.16. The van der Waals surface area contributed by atoms with Crippen LogP contribution in [-0.2, 0) is 0 Å². The highest BCUT2D eigenvalue weighted by molar-refractivity contribution is 8.02. The lowest BCUT2D eigenvalue weighted by Gasteiger charge is -2.47. The Hall–Kier alpha value is -0.830. The zero-order valence-corrected chi connectivity index (χ0v) is 9.67. The van der Waals surface area contributed by atoms with E-state index in [1.807, 2.05) is 12.1 Å². The molecule has 3 fully saturated rings. The molecule has 3 aliphatic heterocycles. The van der Waals surface area contributed by atoms with Gasteiger partial charge in [-0.15, -0.1) is 0 Å². The number of anilines is 1. The van der Waals surface area contributed by atoms with Crippen LogP contribution in [0.2, 0.25) is 0 Å². The van der Waals surface area contributed by atoms with E-state index < -0.39 is 0 Å². The van der Waals surface area contributed by atoms with Crippen molar-refractivity contribution in [3.8, 4) is 5.75 Å². The van der Waals surface area contributed by atoms with Crippen LogP contribution in [0.4, 0.5) is 5.69 Å². The van der Waals surface area contributed by atoms with Gasteiger partial charge >= 0.3 is 0 Å². The first kappa shape index (κ1) is 9.40. The van der Waals surface area contributed by atoms with E-state index in [0.717, 1.165) is 16.2 Å². The number of ether oxygens (including phenoxy) is 1. The quantitative estimate of drug-likeness (QED) is 0.761. The summed E-state index contributed by atoms with van der Waals surface area (Å²) in [6.07, 6.45) is 1.43. The zero-order valence-electron chi connectivity index (χ0n) is 8.85. The van der Waals surface area contributed by atoms with Crippen LogP contribution in [0.1, 0.15) is 6.42 Å². The smallest absolute Gasteiger partial charge is 0.119 e. The monoisotopic (exact) mass is 221 g/mol. The summed E-state index contributed by atoms with van der Waals surface area (Å²) >= 11 is 2.15. The molecule has 4 rings (SSSR count). The van der Waals surface area contributed by atoms with E-state index in [1.54, 1.807) is 7.11 Å². The molecule has 3 saturated heterocycles. The second-order valence-corrected chi connectivity index (χ2v) is 5.82. The molecule has 15 heavy (non-hydrogen) atoms. The number of hydrogen-bond donors (Lipinski definition) is 0. The summed E-state index contributed by atoms with van der Waals surface area (Å²) in [7, 11) is 1.71. The average molecular weight is 221 g/mol. The molecule has 1 aromatic carbocycles. The Morgan fingerprint density at radius 3 is 2.33 bits per heavy atom. The third-order valence-corrected chi connectivity index (χ3v) is 4.65. The Kier molecular flexibility index (Phi) is 2.28. The minimum atomic E-state index is 0.880. The van der Waals surface area contributed by atoms with Crippen molar-refractivity contribution in [1.82, 2.24) is 0 Å². The molecular formula is C12H15NOS. The molecule has 0 amide bonds. The lowest BCUT2D eigenvalue weighted by Crippen LogP contribution is -2.51. The van der Waals surface area contributed by atoms with Crippen LogP contribution < -0.4 is 9.64 Å². The first-order valence-electron chi connectivity index (χ1n) is 5.39. The lowest BCUT2D eigenvalue weighted by molar-refractivity contribution is 0.414. The molecule has 0 aromatic heterocycles.